The van der Waals surface area contributed by atoms with Crippen molar-refractivity contribution in [1.82, 2.24) is 5.16 Å². The zero-order valence-electron chi connectivity index (χ0n) is 10.6. The average molecular weight is 245 g/mol. The molecule has 0 aliphatic heterocycles. The number of aromatic nitrogens is 1. The van der Waals surface area contributed by atoms with E-state index in [0.717, 1.165) is 5.56 Å². The first-order valence-electron chi connectivity index (χ1n) is 5.80. The molecule has 0 aliphatic carbocycles. The van der Waals surface area contributed by atoms with Gasteiger partial charge in [0.15, 0.2) is 5.76 Å². The summed E-state index contributed by atoms with van der Waals surface area (Å²) in [5.74, 6) is -0.263. The Morgan fingerprint density at radius 1 is 1.28 bits per heavy atom. The number of benzene rings is 1. The van der Waals surface area contributed by atoms with Gasteiger partial charge in [0, 0.05) is 5.56 Å². The minimum absolute atomic E-state index is 0.132. The van der Waals surface area contributed by atoms with Crippen LogP contribution in [-0.4, -0.2) is 16.2 Å². The second kappa shape index (κ2) is 4.64. The maximum absolute atomic E-state index is 11.2. The van der Waals surface area contributed by atoms with Crippen molar-refractivity contribution in [3.8, 4) is 11.3 Å². The Kier molecular flexibility index (Phi) is 3.19. The normalized spacial score (nSPS) is 10.9. The Bertz CT molecular complexity index is 567. The van der Waals surface area contributed by atoms with E-state index in [4.69, 9.17) is 9.63 Å². The van der Waals surface area contributed by atoms with Gasteiger partial charge in [0.05, 0.1) is 5.69 Å². The van der Waals surface area contributed by atoms with E-state index in [1.165, 1.54) is 5.56 Å². The monoisotopic (exact) mass is 245 g/mol. The number of carbonyl (C=O) groups is 1. The molecule has 2 rings (SSSR count). The van der Waals surface area contributed by atoms with Crippen molar-refractivity contribution < 1.29 is 14.4 Å². The minimum Gasteiger partial charge on any atom is -0.477 e. The largest absolute Gasteiger partial charge is 0.477 e. The van der Waals surface area contributed by atoms with E-state index in [-0.39, 0.29) is 5.56 Å². The predicted octanol–water partition coefficient (Wildman–Crippen LogP) is 3.47. The molecule has 1 heterocycles. The fourth-order valence-corrected chi connectivity index (χ4v) is 1.84. The molecule has 0 aliphatic rings. The van der Waals surface area contributed by atoms with Crippen LogP contribution in [-0.2, 0) is 0 Å². The van der Waals surface area contributed by atoms with Gasteiger partial charge in [0.2, 0.25) is 0 Å². The SMILES string of the molecule is Cc1noc(-c2ccc(C(C)C)cc2)c1C(=O)O. The van der Waals surface area contributed by atoms with Gasteiger partial charge in [0.25, 0.3) is 0 Å². The predicted molar refractivity (Wildman–Crippen MR) is 67.7 cm³/mol. The van der Waals surface area contributed by atoms with Crippen LogP contribution in [0.15, 0.2) is 28.8 Å². The van der Waals surface area contributed by atoms with Crippen LogP contribution in [0.5, 0.6) is 0 Å². The number of nitrogens with zero attached hydrogens (tertiary/aromatic N) is 1. The fraction of sp³-hybridized carbons (Fsp3) is 0.286. The smallest absolute Gasteiger partial charge is 0.341 e. The highest BCUT2D eigenvalue weighted by atomic mass is 16.5. The number of carboxylic acid groups (broad SMARTS) is 1. The Balaban J connectivity index is 2.46. The molecule has 0 radical (unpaired) electrons. The van der Waals surface area contributed by atoms with Crippen molar-refractivity contribution >= 4 is 5.97 Å². The van der Waals surface area contributed by atoms with E-state index in [2.05, 4.69) is 19.0 Å². The molecule has 1 aromatic carbocycles. The zero-order valence-corrected chi connectivity index (χ0v) is 10.6. The second-order valence-corrected chi connectivity index (χ2v) is 4.55. The third-order valence-corrected chi connectivity index (χ3v) is 2.92. The molecule has 0 bridgehead atoms. The Morgan fingerprint density at radius 3 is 2.39 bits per heavy atom. The molecule has 0 unspecified atom stereocenters. The molecule has 0 saturated heterocycles. The van der Waals surface area contributed by atoms with Crippen molar-refractivity contribution in [2.75, 3.05) is 0 Å². The van der Waals surface area contributed by atoms with Crippen LogP contribution < -0.4 is 0 Å². The fourth-order valence-electron chi connectivity index (χ4n) is 1.84. The van der Waals surface area contributed by atoms with Gasteiger partial charge in [-0.2, -0.15) is 0 Å². The summed E-state index contributed by atoms with van der Waals surface area (Å²) in [4.78, 5) is 11.2. The molecule has 4 nitrogen and oxygen atoms in total. The lowest BCUT2D eigenvalue weighted by molar-refractivity contribution is 0.0696. The summed E-state index contributed by atoms with van der Waals surface area (Å²) >= 11 is 0. The van der Waals surface area contributed by atoms with Gasteiger partial charge in [-0.05, 0) is 18.4 Å². The van der Waals surface area contributed by atoms with E-state index >= 15 is 0 Å². The van der Waals surface area contributed by atoms with Crippen LogP contribution in [0, 0.1) is 6.92 Å². The summed E-state index contributed by atoms with van der Waals surface area (Å²) in [7, 11) is 0. The molecular formula is C14H15NO3. The van der Waals surface area contributed by atoms with Gasteiger partial charge >= 0.3 is 5.97 Å². The number of aromatic carboxylic acids is 1. The summed E-state index contributed by atoms with van der Waals surface area (Å²) in [6, 6.07) is 7.68. The van der Waals surface area contributed by atoms with E-state index in [9.17, 15) is 4.79 Å². The molecule has 0 atom stereocenters. The first kappa shape index (κ1) is 12.4. The Morgan fingerprint density at radius 2 is 1.89 bits per heavy atom. The maximum atomic E-state index is 11.2. The third kappa shape index (κ3) is 2.14. The molecule has 18 heavy (non-hydrogen) atoms. The van der Waals surface area contributed by atoms with Crippen molar-refractivity contribution in [1.29, 1.82) is 0 Å². The highest BCUT2D eigenvalue weighted by Crippen LogP contribution is 2.27. The highest BCUT2D eigenvalue weighted by molar-refractivity contribution is 5.95. The van der Waals surface area contributed by atoms with Crippen LogP contribution in [0.3, 0.4) is 0 Å². The quantitative estimate of drug-likeness (QED) is 0.899. The highest BCUT2D eigenvalue weighted by Gasteiger charge is 2.20. The van der Waals surface area contributed by atoms with Gasteiger partial charge in [-0.15, -0.1) is 0 Å². The third-order valence-electron chi connectivity index (χ3n) is 2.92. The molecule has 0 amide bonds. The van der Waals surface area contributed by atoms with Crippen LogP contribution >= 0.6 is 0 Å². The van der Waals surface area contributed by atoms with Gasteiger partial charge in [-0.25, -0.2) is 4.79 Å². The first-order valence-corrected chi connectivity index (χ1v) is 5.80. The lowest BCUT2D eigenvalue weighted by Crippen LogP contribution is -1.99. The molecular weight excluding hydrogens is 230 g/mol. The standard InChI is InChI=1S/C14H15NO3/c1-8(2)10-4-6-11(7-5-10)13-12(14(16)17)9(3)15-18-13/h4-8H,1-3H3,(H,16,17). The topological polar surface area (TPSA) is 63.3 Å². The first-order chi connectivity index (χ1) is 8.50. The van der Waals surface area contributed by atoms with E-state index in [1.807, 2.05) is 24.3 Å². The van der Waals surface area contributed by atoms with E-state index in [0.29, 0.717) is 17.4 Å². The van der Waals surface area contributed by atoms with Crippen LogP contribution in [0.4, 0.5) is 0 Å². The number of carboxylic acids is 1. The Hall–Kier alpha value is -2.10. The van der Waals surface area contributed by atoms with Gasteiger partial charge < -0.3 is 9.63 Å². The van der Waals surface area contributed by atoms with Crippen LogP contribution in [0.1, 0.15) is 41.4 Å². The average Bonchev–Trinajstić information content (AvgIpc) is 2.71. The van der Waals surface area contributed by atoms with Gasteiger partial charge in [-0.1, -0.05) is 43.3 Å². The number of aryl methyl sites for hydroxylation is 1. The number of hydrogen-bond acceptors (Lipinski definition) is 3. The lowest BCUT2D eigenvalue weighted by atomic mass is 10.00. The molecule has 94 valence electrons. The van der Waals surface area contributed by atoms with E-state index < -0.39 is 5.97 Å². The summed E-state index contributed by atoms with van der Waals surface area (Å²) in [6.07, 6.45) is 0. The molecule has 0 saturated carbocycles. The zero-order chi connectivity index (χ0) is 13.3. The second-order valence-electron chi connectivity index (χ2n) is 4.55. The summed E-state index contributed by atoms with van der Waals surface area (Å²) in [6.45, 7) is 5.84. The van der Waals surface area contributed by atoms with Crippen molar-refractivity contribution in [3.05, 3.63) is 41.1 Å². The molecule has 4 heteroatoms. The number of hydrogen-bond donors (Lipinski definition) is 1. The molecule has 2 aromatic rings. The number of rotatable bonds is 3. The van der Waals surface area contributed by atoms with Crippen LogP contribution in [0.2, 0.25) is 0 Å². The van der Waals surface area contributed by atoms with Crippen molar-refractivity contribution in [2.45, 2.75) is 26.7 Å². The maximum Gasteiger partial charge on any atom is 0.341 e. The molecule has 1 N–H and O–H groups in total. The van der Waals surface area contributed by atoms with Crippen molar-refractivity contribution in [2.24, 2.45) is 0 Å². The van der Waals surface area contributed by atoms with Crippen LogP contribution in [0.25, 0.3) is 11.3 Å². The summed E-state index contributed by atoms with van der Waals surface area (Å²) in [5, 5.41) is 12.9. The minimum atomic E-state index is -1.02. The Labute approximate surface area is 105 Å². The summed E-state index contributed by atoms with van der Waals surface area (Å²) in [5.41, 5.74) is 2.46. The van der Waals surface area contributed by atoms with Gasteiger partial charge in [0.1, 0.15) is 5.56 Å². The lowest BCUT2D eigenvalue weighted by Gasteiger charge is -2.05. The summed E-state index contributed by atoms with van der Waals surface area (Å²) < 4.78 is 5.11. The molecule has 0 spiro atoms. The molecule has 0 fully saturated rings. The molecule has 1 aromatic heterocycles. The van der Waals surface area contributed by atoms with Gasteiger partial charge in [-0.3, -0.25) is 0 Å². The van der Waals surface area contributed by atoms with Crippen molar-refractivity contribution in [3.63, 3.8) is 0 Å². The van der Waals surface area contributed by atoms with E-state index in [1.54, 1.807) is 6.92 Å².